The van der Waals surface area contributed by atoms with Crippen LogP contribution in [0.25, 0.3) is 11.4 Å². The molecule has 0 aliphatic carbocycles. The smallest absolute Gasteiger partial charge is 0.281 e. The van der Waals surface area contributed by atoms with Crippen LogP contribution in [0.15, 0.2) is 15.7 Å². The van der Waals surface area contributed by atoms with Crippen molar-refractivity contribution in [2.24, 2.45) is 11.8 Å². The van der Waals surface area contributed by atoms with Gasteiger partial charge in [-0.3, -0.25) is 9.59 Å². The van der Waals surface area contributed by atoms with E-state index in [1.165, 1.54) is 70.0 Å². The number of unbranched alkanes of at least 4 members (excludes halogenated alkanes) is 4. The summed E-state index contributed by atoms with van der Waals surface area (Å²) in [6, 6.07) is 1.91. The lowest BCUT2D eigenvalue weighted by atomic mass is 10.0. The lowest BCUT2D eigenvalue weighted by molar-refractivity contribution is 0.513. The van der Waals surface area contributed by atoms with Gasteiger partial charge in [0.15, 0.2) is 0 Å². The molecule has 3 aliphatic rings. The van der Waals surface area contributed by atoms with Crippen LogP contribution in [0.5, 0.6) is 0 Å². The fourth-order valence-corrected chi connectivity index (χ4v) is 8.10. The van der Waals surface area contributed by atoms with Crippen LogP contribution in [0.4, 0.5) is 0 Å². The maximum atomic E-state index is 12.1. The molecule has 3 aliphatic heterocycles. The Morgan fingerprint density at radius 2 is 1.56 bits per heavy atom. The van der Waals surface area contributed by atoms with Gasteiger partial charge in [-0.2, -0.15) is 11.8 Å². The highest BCUT2D eigenvalue weighted by Crippen LogP contribution is 2.49. The number of hydrogen-bond acceptors (Lipinski definition) is 6. The normalized spacial score (nSPS) is 21.9. The van der Waals surface area contributed by atoms with Gasteiger partial charge in [-0.15, -0.1) is 11.8 Å². The van der Waals surface area contributed by atoms with E-state index >= 15 is 0 Å². The van der Waals surface area contributed by atoms with E-state index in [2.05, 4.69) is 61.2 Å². The molecule has 3 atom stereocenters. The summed E-state index contributed by atoms with van der Waals surface area (Å²) in [4.78, 5) is 32.2. The predicted octanol–water partition coefficient (Wildman–Crippen LogP) is 6.65. The molecule has 0 aromatic carbocycles. The first kappa shape index (κ1) is 25.7. The number of fused-ring (bicyclic) bond motifs is 1. The van der Waals surface area contributed by atoms with E-state index in [0.717, 1.165) is 17.5 Å². The lowest BCUT2D eigenvalue weighted by Gasteiger charge is -2.35. The molecule has 0 N–H and O–H groups in total. The van der Waals surface area contributed by atoms with Gasteiger partial charge in [0.2, 0.25) is 0 Å². The van der Waals surface area contributed by atoms with Crippen LogP contribution in [-0.2, 0) is 0 Å². The van der Waals surface area contributed by atoms with Crippen molar-refractivity contribution in [1.29, 1.82) is 0 Å². The van der Waals surface area contributed by atoms with Gasteiger partial charge in [-0.05, 0) is 30.7 Å². The van der Waals surface area contributed by atoms with Crippen LogP contribution >= 0.6 is 23.5 Å². The highest BCUT2D eigenvalue weighted by molar-refractivity contribution is 8.07. The van der Waals surface area contributed by atoms with Gasteiger partial charge in [0.25, 0.3) is 5.43 Å². The molecule has 3 unspecified atom stereocenters. The van der Waals surface area contributed by atoms with Crippen LogP contribution in [-0.4, -0.2) is 26.2 Å². The standard InChI is InChI=1S/C26H40N2O2S2/c1-17(2)11-7-5-9-13-19-16-31-22(14-10-6-8-12-18(3)4)25(32-19)21-15-20-23(27-21)24(29)26(30)28-20/h15,17-19,22,25H,5-14,16H2,1-4H3. The summed E-state index contributed by atoms with van der Waals surface area (Å²) < 4.78 is 0. The maximum absolute atomic E-state index is 12.1. The molecule has 3 heterocycles. The van der Waals surface area contributed by atoms with E-state index in [9.17, 15) is 9.59 Å². The topological polar surface area (TPSA) is 59.9 Å². The Bertz CT molecular complexity index is 875. The predicted molar refractivity (Wildman–Crippen MR) is 140 cm³/mol. The van der Waals surface area contributed by atoms with Crippen molar-refractivity contribution in [2.45, 2.75) is 108 Å². The van der Waals surface area contributed by atoms with Gasteiger partial charge in [-0.1, -0.05) is 79.1 Å². The third-order valence-electron chi connectivity index (χ3n) is 6.44. The minimum atomic E-state index is -0.666. The minimum Gasteiger partial charge on any atom is -0.281 e. The molecule has 0 amide bonds. The maximum Gasteiger partial charge on any atom is 0.320 e. The lowest BCUT2D eigenvalue weighted by Crippen LogP contribution is -2.26. The molecule has 1 saturated heterocycles. The summed E-state index contributed by atoms with van der Waals surface area (Å²) in [5.74, 6) is 2.79. The molecule has 6 heteroatoms. The third kappa shape index (κ3) is 7.31. The molecule has 0 bridgehead atoms. The summed E-state index contributed by atoms with van der Waals surface area (Å²) >= 11 is 4.17. The summed E-state index contributed by atoms with van der Waals surface area (Å²) in [5, 5.41) is 1.46. The molecule has 0 aromatic rings. The second-order valence-electron chi connectivity index (χ2n) is 10.3. The van der Waals surface area contributed by atoms with Crippen molar-refractivity contribution in [3.63, 3.8) is 0 Å². The summed E-state index contributed by atoms with van der Waals surface area (Å²) in [7, 11) is 0. The Morgan fingerprint density at radius 1 is 0.906 bits per heavy atom. The van der Waals surface area contributed by atoms with Crippen LogP contribution in [0, 0.1) is 11.8 Å². The fourth-order valence-electron chi connectivity index (χ4n) is 4.56. The van der Waals surface area contributed by atoms with Crippen LogP contribution in [0.1, 0.15) is 103 Å². The largest absolute Gasteiger partial charge is 0.320 e. The molecule has 1 fully saturated rings. The van der Waals surface area contributed by atoms with Crippen molar-refractivity contribution < 1.29 is 0 Å². The zero-order valence-corrected chi connectivity index (χ0v) is 21.9. The van der Waals surface area contributed by atoms with E-state index in [4.69, 9.17) is 0 Å². The zero-order chi connectivity index (χ0) is 23.1. The highest BCUT2D eigenvalue weighted by Gasteiger charge is 2.35. The number of hydrogen-bond donors (Lipinski definition) is 0. The van der Waals surface area contributed by atoms with Gasteiger partial charge < -0.3 is 0 Å². The Kier molecular flexibility index (Phi) is 10.1. The summed E-state index contributed by atoms with van der Waals surface area (Å²) in [6.45, 7) is 9.19. The van der Waals surface area contributed by atoms with Crippen molar-refractivity contribution in [3.05, 3.63) is 32.3 Å². The Hall–Kier alpha value is -0.880. The second-order valence-corrected chi connectivity index (χ2v) is 13.0. The highest BCUT2D eigenvalue weighted by atomic mass is 32.2. The number of thioether (sulfide) groups is 2. The molecular weight excluding hydrogens is 436 g/mol. The second kappa shape index (κ2) is 12.5. The molecule has 3 rings (SSSR count). The molecule has 0 radical (unpaired) electrons. The quantitative estimate of drug-likeness (QED) is 0.238. The zero-order valence-electron chi connectivity index (χ0n) is 20.3. The summed E-state index contributed by atoms with van der Waals surface area (Å²) in [6.07, 6.45) is 12.9. The van der Waals surface area contributed by atoms with Crippen molar-refractivity contribution >= 4 is 23.5 Å². The molecular formula is C26H40N2O2S2. The molecule has 0 spiro atoms. The van der Waals surface area contributed by atoms with Gasteiger partial charge in [0.1, 0.15) is 5.69 Å². The van der Waals surface area contributed by atoms with Gasteiger partial charge >= 0.3 is 5.56 Å². The van der Waals surface area contributed by atoms with Gasteiger partial charge in [-0.25, -0.2) is 9.97 Å². The molecule has 32 heavy (non-hydrogen) atoms. The number of aromatic nitrogens is 2. The van der Waals surface area contributed by atoms with Crippen LogP contribution in [0.3, 0.4) is 0 Å². The molecule has 4 nitrogen and oxygen atoms in total. The molecule has 178 valence electrons. The van der Waals surface area contributed by atoms with Crippen LogP contribution in [0.2, 0.25) is 0 Å². The van der Waals surface area contributed by atoms with Crippen molar-refractivity contribution in [1.82, 2.24) is 9.97 Å². The van der Waals surface area contributed by atoms with E-state index in [1.807, 2.05) is 6.07 Å². The summed E-state index contributed by atoms with van der Waals surface area (Å²) in [5.41, 5.74) is 0.537. The first-order valence-corrected chi connectivity index (χ1v) is 14.6. The Labute approximate surface area is 202 Å². The molecule has 0 aromatic heterocycles. The fraction of sp³-hybridized carbons (Fsp3) is 0.769. The van der Waals surface area contributed by atoms with Crippen molar-refractivity contribution in [3.8, 4) is 11.4 Å². The Balaban J connectivity index is 1.61. The molecule has 0 saturated carbocycles. The van der Waals surface area contributed by atoms with E-state index in [1.54, 1.807) is 0 Å². The average molecular weight is 477 g/mol. The Morgan fingerprint density at radius 3 is 2.19 bits per heavy atom. The van der Waals surface area contributed by atoms with E-state index in [-0.39, 0.29) is 5.69 Å². The van der Waals surface area contributed by atoms with Crippen LogP contribution < -0.4 is 11.0 Å². The number of nitrogens with zero attached hydrogens (tertiary/aromatic N) is 2. The van der Waals surface area contributed by atoms with Crippen molar-refractivity contribution in [2.75, 3.05) is 5.75 Å². The average Bonchev–Trinajstić information content (AvgIpc) is 3.26. The monoisotopic (exact) mass is 476 g/mol. The van der Waals surface area contributed by atoms with Gasteiger partial charge in [0.05, 0.1) is 16.6 Å². The van der Waals surface area contributed by atoms with Gasteiger partial charge in [0, 0.05) is 16.3 Å². The third-order valence-corrected chi connectivity index (χ3v) is 10.0. The number of rotatable bonds is 13. The SMILES string of the molecule is CC(C)CCCCCC1CSC(CCCCCC(C)C)C(c2cc3nc(=O)c(=O)c-3n2)S1. The first-order valence-electron chi connectivity index (χ1n) is 12.6. The first-order chi connectivity index (χ1) is 15.3. The minimum absolute atomic E-state index is 0.280. The van der Waals surface area contributed by atoms with E-state index < -0.39 is 11.0 Å². The van der Waals surface area contributed by atoms with E-state index in [0.29, 0.717) is 21.4 Å².